The van der Waals surface area contributed by atoms with Crippen LogP contribution in [0.4, 0.5) is 0 Å². The van der Waals surface area contributed by atoms with E-state index in [1.807, 2.05) is 18.4 Å². The topological polar surface area (TPSA) is 49.1 Å². The summed E-state index contributed by atoms with van der Waals surface area (Å²) in [5.41, 5.74) is 7.33. The fourth-order valence-electron chi connectivity index (χ4n) is 1.13. The van der Waals surface area contributed by atoms with Crippen molar-refractivity contribution in [1.29, 1.82) is 0 Å². The van der Waals surface area contributed by atoms with E-state index in [2.05, 4.69) is 0 Å². The summed E-state index contributed by atoms with van der Waals surface area (Å²) in [7, 11) is 0. The summed E-state index contributed by atoms with van der Waals surface area (Å²) in [5, 5.41) is 0.662. The van der Waals surface area contributed by atoms with Crippen molar-refractivity contribution >= 4 is 40.2 Å². The van der Waals surface area contributed by atoms with Crippen LogP contribution < -0.4 is 5.73 Å². The average Bonchev–Trinajstić information content (AvgIpc) is 2.19. The highest BCUT2D eigenvalue weighted by Crippen LogP contribution is 2.26. The second-order valence-electron chi connectivity index (χ2n) is 2.87. The van der Waals surface area contributed by atoms with E-state index in [1.165, 1.54) is 11.8 Å². The van der Waals surface area contributed by atoms with Gasteiger partial charge in [0.25, 0.3) is 0 Å². The maximum Gasteiger partial charge on any atom is 0.209 e. The fourth-order valence-corrected chi connectivity index (χ4v) is 2.96. The molecular formula is C10H12ClNOS2. The highest BCUT2D eigenvalue weighted by atomic mass is 35.5. The van der Waals surface area contributed by atoms with E-state index in [-0.39, 0.29) is 0 Å². The highest BCUT2D eigenvalue weighted by molar-refractivity contribution is 8.18. The van der Waals surface area contributed by atoms with Crippen LogP contribution in [0.3, 0.4) is 0 Å². The minimum Gasteiger partial charge on any atom is -0.611 e. The molecular weight excluding hydrogens is 250 g/mol. The van der Waals surface area contributed by atoms with Gasteiger partial charge in [0.15, 0.2) is 0 Å². The zero-order chi connectivity index (χ0) is 11.4. The van der Waals surface area contributed by atoms with Crippen molar-refractivity contribution in [3.63, 3.8) is 0 Å². The monoisotopic (exact) mass is 261 g/mol. The first-order valence-corrected chi connectivity index (χ1v) is 7.35. The standard InChI is InChI=1S/C10H12ClNOS2/c1-14-10(15(2)13)9(12)7-3-5-8(11)6-4-7/h3-6H,12H2,1-2H3. The molecule has 2 N–H and O–H groups in total. The zero-order valence-electron chi connectivity index (χ0n) is 8.49. The molecule has 0 aliphatic rings. The number of benzene rings is 1. The first-order chi connectivity index (χ1) is 7.06. The second kappa shape index (κ2) is 5.70. The molecule has 0 saturated heterocycles. The molecule has 2 nitrogen and oxygen atoms in total. The third kappa shape index (κ3) is 3.34. The lowest BCUT2D eigenvalue weighted by atomic mass is 10.2. The summed E-state index contributed by atoms with van der Waals surface area (Å²) < 4.78 is 12.1. The molecule has 0 amide bonds. The van der Waals surface area contributed by atoms with E-state index in [1.54, 1.807) is 18.4 Å². The van der Waals surface area contributed by atoms with Crippen LogP contribution in [-0.4, -0.2) is 17.1 Å². The van der Waals surface area contributed by atoms with Crippen molar-refractivity contribution in [3.8, 4) is 0 Å². The van der Waals surface area contributed by atoms with Crippen molar-refractivity contribution in [3.05, 3.63) is 39.1 Å². The van der Waals surface area contributed by atoms with Crippen LogP contribution in [0, 0.1) is 0 Å². The Morgan fingerprint density at radius 2 is 1.93 bits per heavy atom. The fraction of sp³-hybridized carbons (Fsp3) is 0.200. The van der Waals surface area contributed by atoms with Crippen molar-refractivity contribution < 1.29 is 4.55 Å². The van der Waals surface area contributed by atoms with Gasteiger partial charge in [-0.25, -0.2) is 0 Å². The molecule has 82 valence electrons. The third-order valence-electron chi connectivity index (χ3n) is 1.82. The Kier molecular flexibility index (Phi) is 4.86. The molecule has 1 aromatic carbocycles. The van der Waals surface area contributed by atoms with E-state index < -0.39 is 11.2 Å². The van der Waals surface area contributed by atoms with Crippen molar-refractivity contribution in [2.24, 2.45) is 5.73 Å². The Hall–Kier alpha value is -0.290. The Bertz CT molecular complexity index is 362. The van der Waals surface area contributed by atoms with Gasteiger partial charge in [0, 0.05) is 10.6 Å². The zero-order valence-corrected chi connectivity index (χ0v) is 10.9. The van der Waals surface area contributed by atoms with Crippen LogP contribution in [-0.2, 0) is 11.2 Å². The third-order valence-corrected chi connectivity index (χ3v) is 4.61. The lowest BCUT2D eigenvalue weighted by molar-refractivity contribution is 0.608. The van der Waals surface area contributed by atoms with Crippen LogP contribution in [0.5, 0.6) is 0 Å². The second-order valence-corrected chi connectivity index (χ2v) is 5.69. The molecule has 1 atom stereocenters. The van der Waals surface area contributed by atoms with Gasteiger partial charge in [0.05, 0.1) is 0 Å². The molecule has 0 aromatic heterocycles. The minimum atomic E-state index is -1.05. The maximum atomic E-state index is 11.4. The Balaban J connectivity index is 3.10. The lowest BCUT2D eigenvalue weighted by Gasteiger charge is -2.10. The molecule has 0 aliphatic carbocycles. The number of nitrogens with two attached hydrogens (primary N) is 1. The average molecular weight is 262 g/mol. The predicted octanol–water partition coefficient (Wildman–Crippen LogP) is 2.67. The van der Waals surface area contributed by atoms with Crippen LogP contribution in [0.1, 0.15) is 5.56 Å². The molecule has 0 fully saturated rings. The Morgan fingerprint density at radius 1 is 1.40 bits per heavy atom. The van der Waals surface area contributed by atoms with Gasteiger partial charge >= 0.3 is 0 Å². The normalized spacial score (nSPS) is 14.7. The molecule has 1 aromatic rings. The van der Waals surface area contributed by atoms with Crippen LogP contribution in [0.2, 0.25) is 5.02 Å². The quantitative estimate of drug-likeness (QED) is 0.851. The number of hydrogen-bond acceptors (Lipinski definition) is 3. The smallest absolute Gasteiger partial charge is 0.209 e. The molecule has 0 bridgehead atoms. The molecule has 0 radical (unpaired) electrons. The SMILES string of the molecule is CSC(=C(N)c1ccc(Cl)cc1)[S+](C)[O-]. The summed E-state index contributed by atoms with van der Waals surface area (Å²) in [6.45, 7) is 0. The van der Waals surface area contributed by atoms with Crippen molar-refractivity contribution in [1.82, 2.24) is 0 Å². The first kappa shape index (κ1) is 12.8. The molecule has 0 heterocycles. The summed E-state index contributed by atoms with van der Waals surface area (Å²) in [6.07, 6.45) is 3.48. The van der Waals surface area contributed by atoms with E-state index in [0.29, 0.717) is 15.0 Å². The Labute approximate surface area is 102 Å². The van der Waals surface area contributed by atoms with E-state index in [9.17, 15) is 4.55 Å². The predicted molar refractivity (Wildman–Crippen MR) is 70.1 cm³/mol. The van der Waals surface area contributed by atoms with Crippen LogP contribution in [0.25, 0.3) is 5.70 Å². The maximum absolute atomic E-state index is 11.4. The number of rotatable bonds is 3. The van der Waals surface area contributed by atoms with E-state index in [0.717, 1.165) is 5.56 Å². The Morgan fingerprint density at radius 3 is 2.33 bits per heavy atom. The lowest BCUT2D eigenvalue weighted by Crippen LogP contribution is -2.07. The first-order valence-electron chi connectivity index (χ1n) is 4.19. The molecule has 0 saturated carbocycles. The number of hydrogen-bond donors (Lipinski definition) is 1. The summed E-state index contributed by atoms with van der Waals surface area (Å²) in [4.78, 5) is 0. The van der Waals surface area contributed by atoms with Gasteiger partial charge in [-0.1, -0.05) is 35.5 Å². The van der Waals surface area contributed by atoms with Gasteiger partial charge in [0.1, 0.15) is 12.0 Å². The summed E-state index contributed by atoms with van der Waals surface area (Å²) >= 11 is 6.12. The molecule has 1 rings (SSSR count). The van der Waals surface area contributed by atoms with Crippen molar-refractivity contribution in [2.45, 2.75) is 0 Å². The van der Waals surface area contributed by atoms with Crippen LogP contribution in [0.15, 0.2) is 28.5 Å². The van der Waals surface area contributed by atoms with Gasteiger partial charge < -0.3 is 10.3 Å². The number of thioether (sulfide) groups is 1. The van der Waals surface area contributed by atoms with Gasteiger partial charge in [-0.05, 0) is 29.6 Å². The van der Waals surface area contributed by atoms with Gasteiger partial charge in [-0.15, -0.1) is 0 Å². The highest BCUT2D eigenvalue weighted by Gasteiger charge is 2.14. The van der Waals surface area contributed by atoms with Gasteiger partial charge in [-0.2, -0.15) is 0 Å². The van der Waals surface area contributed by atoms with E-state index in [4.69, 9.17) is 17.3 Å². The summed E-state index contributed by atoms with van der Waals surface area (Å²) in [6, 6.07) is 7.17. The summed E-state index contributed by atoms with van der Waals surface area (Å²) in [5.74, 6) is 0. The molecule has 5 heteroatoms. The molecule has 1 unspecified atom stereocenters. The molecule has 15 heavy (non-hydrogen) atoms. The van der Waals surface area contributed by atoms with Gasteiger partial charge in [0.2, 0.25) is 4.24 Å². The molecule has 0 aliphatic heterocycles. The van der Waals surface area contributed by atoms with Gasteiger partial charge in [-0.3, -0.25) is 0 Å². The van der Waals surface area contributed by atoms with Crippen LogP contribution >= 0.6 is 23.4 Å². The number of halogens is 1. The minimum absolute atomic E-state index is 0.556. The molecule has 0 spiro atoms. The van der Waals surface area contributed by atoms with E-state index >= 15 is 0 Å². The largest absolute Gasteiger partial charge is 0.611 e. The van der Waals surface area contributed by atoms with Crippen molar-refractivity contribution in [2.75, 3.05) is 12.5 Å².